The molecule has 0 aliphatic rings. The van der Waals surface area contributed by atoms with E-state index in [9.17, 15) is 9.59 Å². The number of primary amides is 1. The number of allylic oxidation sites excluding steroid dienone is 3. The van der Waals surface area contributed by atoms with E-state index in [1.807, 2.05) is 13.8 Å². The maximum atomic E-state index is 11.7. The third-order valence-corrected chi connectivity index (χ3v) is 2.38. The van der Waals surface area contributed by atoms with Gasteiger partial charge in [0.25, 0.3) is 5.91 Å². The van der Waals surface area contributed by atoms with E-state index in [0.717, 1.165) is 0 Å². The van der Waals surface area contributed by atoms with Gasteiger partial charge in [-0.05, 0) is 32.0 Å². The smallest absolute Gasteiger partial charge is 0.250 e. The SMILES string of the molecule is CC=CC=CC(=O)Nc1ccc(OCC)cc1C(N)=O. The van der Waals surface area contributed by atoms with Crippen LogP contribution in [-0.2, 0) is 4.79 Å². The van der Waals surface area contributed by atoms with Gasteiger partial charge in [-0.25, -0.2) is 0 Å². The first-order valence-corrected chi connectivity index (χ1v) is 6.25. The fourth-order valence-corrected chi connectivity index (χ4v) is 1.52. The molecule has 2 amide bonds. The molecule has 0 aliphatic heterocycles. The average molecular weight is 274 g/mol. The molecule has 0 aromatic heterocycles. The van der Waals surface area contributed by atoms with Gasteiger partial charge >= 0.3 is 0 Å². The molecular weight excluding hydrogens is 256 g/mol. The summed E-state index contributed by atoms with van der Waals surface area (Å²) in [6.07, 6.45) is 6.50. The first-order valence-electron chi connectivity index (χ1n) is 6.25. The first-order chi connectivity index (χ1) is 9.58. The minimum atomic E-state index is -0.626. The molecule has 0 radical (unpaired) electrons. The Morgan fingerprint density at radius 3 is 2.70 bits per heavy atom. The molecule has 3 N–H and O–H groups in total. The van der Waals surface area contributed by atoms with Crippen LogP contribution in [0.25, 0.3) is 0 Å². The molecule has 5 heteroatoms. The van der Waals surface area contributed by atoms with Crippen LogP contribution in [0.5, 0.6) is 5.75 Å². The molecule has 0 bridgehead atoms. The molecule has 0 fully saturated rings. The topological polar surface area (TPSA) is 81.4 Å². The summed E-state index contributed by atoms with van der Waals surface area (Å²) in [5.41, 5.74) is 5.87. The fraction of sp³-hybridized carbons (Fsp3) is 0.200. The zero-order valence-electron chi connectivity index (χ0n) is 11.6. The van der Waals surface area contributed by atoms with Crippen LogP contribution in [0, 0.1) is 0 Å². The lowest BCUT2D eigenvalue weighted by Crippen LogP contribution is -2.17. The molecule has 0 unspecified atom stereocenters. The molecule has 1 rings (SSSR count). The molecule has 0 atom stereocenters. The highest BCUT2D eigenvalue weighted by Gasteiger charge is 2.11. The van der Waals surface area contributed by atoms with Crippen molar-refractivity contribution in [3.05, 3.63) is 48.1 Å². The van der Waals surface area contributed by atoms with Crippen molar-refractivity contribution >= 4 is 17.5 Å². The van der Waals surface area contributed by atoms with Gasteiger partial charge in [-0.3, -0.25) is 9.59 Å². The first kappa shape index (κ1) is 15.5. The molecule has 0 saturated heterocycles. The number of ether oxygens (including phenoxy) is 1. The second-order valence-corrected chi connectivity index (χ2v) is 3.88. The van der Waals surface area contributed by atoms with Gasteiger partial charge in [0.2, 0.25) is 5.91 Å². The lowest BCUT2D eigenvalue weighted by Gasteiger charge is -2.10. The minimum Gasteiger partial charge on any atom is -0.494 e. The van der Waals surface area contributed by atoms with Crippen LogP contribution in [0.15, 0.2) is 42.5 Å². The van der Waals surface area contributed by atoms with Crippen LogP contribution < -0.4 is 15.8 Å². The van der Waals surface area contributed by atoms with Crippen molar-refractivity contribution in [1.82, 2.24) is 0 Å². The Balaban J connectivity index is 2.94. The van der Waals surface area contributed by atoms with Crippen LogP contribution in [0.2, 0.25) is 0 Å². The van der Waals surface area contributed by atoms with Crippen molar-refractivity contribution in [3.8, 4) is 5.75 Å². The number of amides is 2. The third-order valence-electron chi connectivity index (χ3n) is 2.38. The maximum Gasteiger partial charge on any atom is 0.250 e. The lowest BCUT2D eigenvalue weighted by molar-refractivity contribution is -0.111. The number of rotatable bonds is 6. The maximum absolute atomic E-state index is 11.7. The number of nitrogens with one attached hydrogen (secondary N) is 1. The Kier molecular flexibility index (Phi) is 6.03. The largest absolute Gasteiger partial charge is 0.494 e. The summed E-state index contributed by atoms with van der Waals surface area (Å²) in [6, 6.07) is 4.77. The predicted molar refractivity (Wildman–Crippen MR) is 78.7 cm³/mol. The summed E-state index contributed by atoms with van der Waals surface area (Å²) >= 11 is 0. The summed E-state index contributed by atoms with van der Waals surface area (Å²) in [7, 11) is 0. The number of anilines is 1. The number of nitrogens with two attached hydrogens (primary N) is 1. The molecule has 1 aromatic carbocycles. The summed E-state index contributed by atoms with van der Waals surface area (Å²) in [6.45, 7) is 4.17. The summed E-state index contributed by atoms with van der Waals surface area (Å²) < 4.78 is 5.29. The molecule has 1 aromatic rings. The highest BCUT2D eigenvalue weighted by molar-refractivity contribution is 6.06. The Hall–Kier alpha value is -2.56. The van der Waals surface area contributed by atoms with Crippen LogP contribution >= 0.6 is 0 Å². The minimum absolute atomic E-state index is 0.212. The van der Waals surface area contributed by atoms with Crippen molar-refractivity contribution < 1.29 is 14.3 Å². The molecule has 0 spiro atoms. The molecule has 5 nitrogen and oxygen atoms in total. The Labute approximate surface area is 118 Å². The van der Waals surface area contributed by atoms with E-state index < -0.39 is 5.91 Å². The van der Waals surface area contributed by atoms with Crippen LogP contribution in [0.4, 0.5) is 5.69 Å². The van der Waals surface area contributed by atoms with Gasteiger partial charge in [0.05, 0.1) is 17.9 Å². The van der Waals surface area contributed by atoms with Crippen LogP contribution in [0.1, 0.15) is 24.2 Å². The lowest BCUT2D eigenvalue weighted by atomic mass is 10.1. The number of hydrogen-bond acceptors (Lipinski definition) is 3. The molecule has 0 aliphatic carbocycles. The van der Waals surface area contributed by atoms with Gasteiger partial charge < -0.3 is 15.8 Å². The van der Waals surface area contributed by atoms with Crippen molar-refractivity contribution in [3.63, 3.8) is 0 Å². The van der Waals surface area contributed by atoms with E-state index in [-0.39, 0.29) is 11.5 Å². The second-order valence-electron chi connectivity index (χ2n) is 3.88. The van der Waals surface area contributed by atoms with E-state index in [4.69, 9.17) is 10.5 Å². The molecular formula is C15H18N2O3. The van der Waals surface area contributed by atoms with Crippen molar-refractivity contribution in [1.29, 1.82) is 0 Å². The van der Waals surface area contributed by atoms with Gasteiger partial charge in [-0.2, -0.15) is 0 Å². The number of hydrogen-bond donors (Lipinski definition) is 2. The highest BCUT2D eigenvalue weighted by atomic mass is 16.5. The van der Waals surface area contributed by atoms with Gasteiger partial charge in [-0.15, -0.1) is 0 Å². The predicted octanol–water partition coefficient (Wildman–Crippen LogP) is 2.26. The van der Waals surface area contributed by atoms with E-state index in [0.29, 0.717) is 18.0 Å². The number of carbonyl (C=O) groups excluding carboxylic acids is 2. The fourth-order valence-electron chi connectivity index (χ4n) is 1.52. The highest BCUT2D eigenvalue weighted by Crippen LogP contribution is 2.22. The van der Waals surface area contributed by atoms with Gasteiger partial charge in [0.1, 0.15) is 5.75 Å². The molecule has 106 valence electrons. The van der Waals surface area contributed by atoms with Crippen molar-refractivity contribution in [2.45, 2.75) is 13.8 Å². The molecule has 20 heavy (non-hydrogen) atoms. The van der Waals surface area contributed by atoms with E-state index in [1.165, 1.54) is 12.1 Å². The Bertz CT molecular complexity index is 548. The van der Waals surface area contributed by atoms with E-state index in [1.54, 1.807) is 30.4 Å². The monoisotopic (exact) mass is 274 g/mol. The van der Waals surface area contributed by atoms with Crippen LogP contribution in [0.3, 0.4) is 0 Å². The van der Waals surface area contributed by atoms with E-state index in [2.05, 4.69) is 5.32 Å². The summed E-state index contributed by atoms with van der Waals surface area (Å²) in [5, 5.41) is 2.60. The standard InChI is InChI=1S/C15H18N2O3/c1-3-5-6-7-14(18)17-13-9-8-11(20-4-2)10-12(13)15(16)19/h3,5-10H,4H2,1-2H3,(H2,16,19)(H,17,18). The van der Waals surface area contributed by atoms with E-state index >= 15 is 0 Å². The number of benzene rings is 1. The Morgan fingerprint density at radius 1 is 1.35 bits per heavy atom. The van der Waals surface area contributed by atoms with Crippen molar-refractivity contribution in [2.24, 2.45) is 5.73 Å². The second kappa shape index (κ2) is 7.78. The molecule has 0 heterocycles. The third kappa shape index (κ3) is 4.61. The normalized spacial score (nSPS) is 10.9. The zero-order valence-corrected chi connectivity index (χ0v) is 11.6. The molecule has 0 saturated carbocycles. The number of carbonyl (C=O) groups is 2. The Morgan fingerprint density at radius 2 is 2.10 bits per heavy atom. The summed E-state index contributed by atoms with van der Waals surface area (Å²) in [4.78, 5) is 23.1. The quantitative estimate of drug-likeness (QED) is 0.616. The van der Waals surface area contributed by atoms with Gasteiger partial charge in [-0.1, -0.05) is 18.2 Å². The zero-order chi connectivity index (χ0) is 15.0. The summed E-state index contributed by atoms with van der Waals surface area (Å²) in [5.74, 6) is -0.433. The average Bonchev–Trinajstić information content (AvgIpc) is 2.41. The van der Waals surface area contributed by atoms with Gasteiger partial charge in [0.15, 0.2) is 0 Å². The van der Waals surface area contributed by atoms with Gasteiger partial charge in [0, 0.05) is 6.08 Å². The van der Waals surface area contributed by atoms with Crippen LogP contribution in [-0.4, -0.2) is 18.4 Å². The van der Waals surface area contributed by atoms with Crippen molar-refractivity contribution in [2.75, 3.05) is 11.9 Å².